The van der Waals surface area contributed by atoms with Crippen LogP contribution in [0, 0.1) is 6.92 Å². The van der Waals surface area contributed by atoms with Crippen molar-refractivity contribution in [1.29, 1.82) is 0 Å². The predicted octanol–water partition coefficient (Wildman–Crippen LogP) is 3.76. The maximum absolute atomic E-state index is 13.3. The summed E-state index contributed by atoms with van der Waals surface area (Å²) in [7, 11) is 1.61. The maximum Gasteiger partial charge on any atom is 0.263 e. The first-order valence-electron chi connectivity index (χ1n) is 9.50. The minimum absolute atomic E-state index is 0.0711. The summed E-state index contributed by atoms with van der Waals surface area (Å²) in [4.78, 5) is 31.0. The Morgan fingerprint density at radius 3 is 2.57 bits per heavy atom. The Hall–Kier alpha value is -3.45. The highest BCUT2D eigenvalue weighted by atomic mass is 32.1. The van der Waals surface area contributed by atoms with Crippen LogP contribution < -0.4 is 15.6 Å². The zero-order chi connectivity index (χ0) is 21.1. The number of aromatic nitrogens is 2. The van der Waals surface area contributed by atoms with Gasteiger partial charge >= 0.3 is 0 Å². The van der Waals surface area contributed by atoms with Crippen LogP contribution in [0.25, 0.3) is 21.3 Å². The average molecular weight is 420 g/mol. The van der Waals surface area contributed by atoms with Crippen LogP contribution in [0.3, 0.4) is 0 Å². The van der Waals surface area contributed by atoms with Crippen LogP contribution in [0.15, 0.2) is 64.8 Å². The van der Waals surface area contributed by atoms with Crippen molar-refractivity contribution in [3.8, 4) is 16.9 Å². The van der Waals surface area contributed by atoms with Gasteiger partial charge in [0.1, 0.15) is 22.9 Å². The molecule has 0 aliphatic heterocycles. The molecule has 2 heterocycles. The van der Waals surface area contributed by atoms with Crippen LogP contribution in [0.5, 0.6) is 5.75 Å². The second kappa shape index (κ2) is 8.51. The van der Waals surface area contributed by atoms with E-state index in [9.17, 15) is 9.59 Å². The summed E-state index contributed by atoms with van der Waals surface area (Å²) in [6, 6.07) is 17.2. The van der Waals surface area contributed by atoms with Gasteiger partial charge in [-0.2, -0.15) is 0 Å². The monoisotopic (exact) mass is 419 g/mol. The number of rotatable bonds is 6. The molecular weight excluding hydrogens is 398 g/mol. The first kappa shape index (κ1) is 19.8. The molecule has 0 spiro atoms. The second-order valence-electron chi connectivity index (χ2n) is 6.87. The predicted molar refractivity (Wildman–Crippen MR) is 119 cm³/mol. The molecule has 0 saturated heterocycles. The number of nitrogens with one attached hydrogen (secondary N) is 1. The number of aryl methyl sites for hydroxylation is 1. The molecule has 1 N–H and O–H groups in total. The van der Waals surface area contributed by atoms with Gasteiger partial charge in [0.25, 0.3) is 5.56 Å². The highest BCUT2D eigenvalue weighted by molar-refractivity contribution is 7.17. The zero-order valence-corrected chi connectivity index (χ0v) is 17.5. The Bertz CT molecular complexity index is 1240. The normalized spacial score (nSPS) is 10.9. The largest absolute Gasteiger partial charge is 0.497 e. The van der Waals surface area contributed by atoms with Gasteiger partial charge in [0, 0.05) is 17.5 Å². The Labute approximate surface area is 177 Å². The van der Waals surface area contributed by atoms with Gasteiger partial charge < -0.3 is 10.1 Å². The molecule has 0 bridgehead atoms. The fourth-order valence-corrected chi connectivity index (χ4v) is 4.27. The van der Waals surface area contributed by atoms with E-state index in [1.165, 1.54) is 15.9 Å². The van der Waals surface area contributed by atoms with E-state index in [2.05, 4.69) is 10.3 Å². The number of hydrogen-bond acceptors (Lipinski definition) is 5. The summed E-state index contributed by atoms with van der Waals surface area (Å²) in [5.74, 6) is 1.04. The van der Waals surface area contributed by atoms with Gasteiger partial charge in [-0.15, -0.1) is 11.3 Å². The standard InChI is InChI=1S/C23H21N3O3S/c1-15-25-22-21(19(14-30-22)17-8-10-18(29-2)11-9-17)23(28)26(15)13-20(27)24-12-16-6-4-3-5-7-16/h3-11,14H,12-13H2,1-2H3,(H,24,27). The van der Waals surface area contributed by atoms with Crippen LogP contribution in [0.1, 0.15) is 11.4 Å². The molecule has 4 rings (SSSR count). The molecular formula is C23H21N3O3S. The highest BCUT2D eigenvalue weighted by Gasteiger charge is 2.17. The van der Waals surface area contributed by atoms with Crippen molar-refractivity contribution < 1.29 is 9.53 Å². The lowest BCUT2D eigenvalue weighted by molar-refractivity contribution is -0.121. The average Bonchev–Trinajstić information content (AvgIpc) is 3.20. The van der Waals surface area contributed by atoms with Crippen molar-refractivity contribution in [3.05, 3.63) is 81.7 Å². The molecule has 4 aromatic rings. The molecule has 6 nitrogen and oxygen atoms in total. The Balaban J connectivity index is 1.63. The molecule has 0 fully saturated rings. The first-order chi connectivity index (χ1) is 14.6. The fraction of sp³-hybridized carbons (Fsp3) is 0.174. The fourth-order valence-electron chi connectivity index (χ4n) is 3.29. The summed E-state index contributed by atoms with van der Waals surface area (Å²) < 4.78 is 6.64. The molecule has 0 aliphatic carbocycles. The van der Waals surface area contributed by atoms with Gasteiger partial charge in [0.05, 0.1) is 12.5 Å². The number of methoxy groups -OCH3 is 1. The van der Waals surface area contributed by atoms with Crippen molar-refractivity contribution in [2.45, 2.75) is 20.0 Å². The molecule has 2 aromatic heterocycles. The minimum atomic E-state index is -0.230. The number of amides is 1. The van der Waals surface area contributed by atoms with E-state index in [4.69, 9.17) is 4.74 Å². The van der Waals surface area contributed by atoms with Crippen molar-refractivity contribution in [3.63, 3.8) is 0 Å². The molecule has 0 radical (unpaired) electrons. The smallest absolute Gasteiger partial charge is 0.263 e. The number of ether oxygens (including phenoxy) is 1. The lowest BCUT2D eigenvalue weighted by atomic mass is 10.1. The van der Waals surface area contributed by atoms with Crippen LogP contribution in [0.2, 0.25) is 0 Å². The van der Waals surface area contributed by atoms with E-state index in [1.807, 2.05) is 60.0 Å². The molecule has 2 aromatic carbocycles. The number of hydrogen-bond donors (Lipinski definition) is 1. The van der Waals surface area contributed by atoms with E-state index in [-0.39, 0.29) is 18.0 Å². The van der Waals surface area contributed by atoms with Gasteiger partial charge in [-0.1, -0.05) is 42.5 Å². The third-order valence-corrected chi connectivity index (χ3v) is 5.79. The van der Waals surface area contributed by atoms with Crippen molar-refractivity contribution in [2.24, 2.45) is 0 Å². The third-order valence-electron chi connectivity index (χ3n) is 4.92. The number of benzene rings is 2. The SMILES string of the molecule is COc1ccc(-c2csc3nc(C)n(CC(=O)NCc4ccccc4)c(=O)c23)cc1. The Morgan fingerprint density at radius 1 is 1.13 bits per heavy atom. The molecule has 0 unspecified atom stereocenters. The van der Waals surface area contributed by atoms with E-state index in [0.717, 1.165) is 22.4 Å². The lowest BCUT2D eigenvalue weighted by Gasteiger charge is -2.11. The first-order valence-corrected chi connectivity index (χ1v) is 10.4. The van der Waals surface area contributed by atoms with Crippen LogP contribution in [-0.4, -0.2) is 22.6 Å². The molecule has 152 valence electrons. The molecule has 1 amide bonds. The summed E-state index contributed by atoms with van der Waals surface area (Å²) >= 11 is 1.43. The number of thiophene rings is 1. The van der Waals surface area contributed by atoms with Crippen molar-refractivity contribution in [2.75, 3.05) is 7.11 Å². The van der Waals surface area contributed by atoms with E-state index in [0.29, 0.717) is 22.6 Å². The van der Waals surface area contributed by atoms with Crippen LogP contribution in [0.4, 0.5) is 0 Å². The van der Waals surface area contributed by atoms with Crippen molar-refractivity contribution in [1.82, 2.24) is 14.9 Å². The van der Waals surface area contributed by atoms with Gasteiger partial charge in [-0.25, -0.2) is 4.98 Å². The molecule has 30 heavy (non-hydrogen) atoms. The van der Waals surface area contributed by atoms with E-state index >= 15 is 0 Å². The minimum Gasteiger partial charge on any atom is -0.497 e. The quantitative estimate of drug-likeness (QED) is 0.517. The van der Waals surface area contributed by atoms with Crippen LogP contribution in [-0.2, 0) is 17.9 Å². The van der Waals surface area contributed by atoms with Gasteiger partial charge in [-0.3, -0.25) is 14.2 Å². The molecule has 0 aliphatic rings. The Kier molecular flexibility index (Phi) is 5.63. The Morgan fingerprint density at radius 2 is 1.87 bits per heavy atom. The zero-order valence-electron chi connectivity index (χ0n) is 16.7. The topological polar surface area (TPSA) is 73.2 Å². The number of fused-ring (bicyclic) bond motifs is 1. The molecule has 0 saturated carbocycles. The highest BCUT2D eigenvalue weighted by Crippen LogP contribution is 2.31. The van der Waals surface area contributed by atoms with Crippen molar-refractivity contribution >= 4 is 27.5 Å². The van der Waals surface area contributed by atoms with Gasteiger partial charge in [-0.05, 0) is 30.2 Å². The number of nitrogens with zero attached hydrogens (tertiary/aromatic N) is 2. The third kappa shape index (κ3) is 3.97. The summed E-state index contributed by atoms with van der Waals surface area (Å²) in [5.41, 5.74) is 2.51. The second-order valence-corrected chi connectivity index (χ2v) is 7.73. The van der Waals surface area contributed by atoms with E-state index < -0.39 is 0 Å². The van der Waals surface area contributed by atoms with Gasteiger partial charge in [0.2, 0.25) is 5.91 Å². The van der Waals surface area contributed by atoms with Crippen LogP contribution >= 0.6 is 11.3 Å². The van der Waals surface area contributed by atoms with E-state index in [1.54, 1.807) is 14.0 Å². The number of carbonyl (C=O) groups excluding carboxylic acids is 1. The summed E-state index contributed by atoms with van der Waals surface area (Å²) in [6.07, 6.45) is 0. The maximum atomic E-state index is 13.3. The summed E-state index contributed by atoms with van der Waals surface area (Å²) in [6.45, 7) is 2.09. The number of carbonyl (C=O) groups is 1. The van der Waals surface area contributed by atoms with Gasteiger partial charge in [0.15, 0.2) is 0 Å². The molecule has 7 heteroatoms. The molecule has 0 atom stereocenters. The lowest BCUT2D eigenvalue weighted by Crippen LogP contribution is -2.33. The summed E-state index contributed by atoms with van der Waals surface area (Å²) in [5, 5.41) is 5.33.